The van der Waals surface area contributed by atoms with Gasteiger partial charge in [-0.15, -0.1) is 0 Å². The highest BCUT2D eigenvalue weighted by molar-refractivity contribution is 5.45. The predicted molar refractivity (Wildman–Crippen MR) is 93.9 cm³/mol. The normalized spacial score (nSPS) is 25.2. The number of nitrogens with zero attached hydrogens (tertiary/aromatic N) is 7. The van der Waals surface area contributed by atoms with Gasteiger partial charge in [0.1, 0.15) is 12.1 Å². The maximum absolute atomic E-state index is 13.1. The Morgan fingerprint density at radius 3 is 2.25 bits per heavy atom. The van der Waals surface area contributed by atoms with Crippen molar-refractivity contribution < 1.29 is 0 Å². The van der Waals surface area contributed by atoms with Gasteiger partial charge in [-0.25, -0.2) is 33.5 Å². The zero-order valence-electron chi connectivity index (χ0n) is 14.4. The Bertz CT molecular complexity index is 1380. The summed E-state index contributed by atoms with van der Waals surface area (Å²) in [5.41, 5.74) is 1.11. The summed E-state index contributed by atoms with van der Waals surface area (Å²) in [5.74, 6) is -0.251. The third kappa shape index (κ3) is 1.52. The molecule has 1 fully saturated rings. The summed E-state index contributed by atoms with van der Waals surface area (Å²) in [5, 5.41) is 18.5. The molecule has 2 aromatic heterocycles. The quantitative estimate of drug-likeness (QED) is 0.623. The largest absolute Gasteiger partial charge is 0.352 e. The van der Waals surface area contributed by atoms with E-state index < -0.39 is 0 Å². The van der Waals surface area contributed by atoms with E-state index in [0.29, 0.717) is 23.5 Å². The first-order valence-electron chi connectivity index (χ1n) is 8.89. The topological polar surface area (TPSA) is 122 Å². The molecule has 4 bridgehead atoms. The highest BCUT2D eigenvalue weighted by Crippen LogP contribution is 2.65. The molecule has 0 saturated heterocycles. The molecule has 0 N–H and O–H groups in total. The number of nitriles is 2. The third-order valence-electron chi connectivity index (χ3n) is 6.14. The molecule has 3 aromatic rings. The maximum Gasteiger partial charge on any atom is 0.352 e. The predicted octanol–water partition coefficient (Wildman–Crippen LogP) is 0.715. The molecular formula is C19H11N7O2. The van der Waals surface area contributed by atoms with E-state index in [1.807, 2.05) is 18.2 Å². The molecule has 1 unspecified atom stereocenters. The van der Waals surface area contributed by atoms with Gasteiger partial charge in [0, 0.05) is 11.8 Å². The van der Waals surface area contributed by atoms with E-state index in [4.69, 9.17) is 0 Å². The molecule has 6 rings (SSSR count). The van der Waals surface area contributed by atoms with Gasteiger partial charge in [0.2, 0.25) is 0 Å². The summed E-state index contributed by atoms with van der Waals surface area (Å²) in [6.07, 6.45) is 0.673. The van der Waals surface area contributed by atoms with Crippen LogP contribution >= 0.6 is 0 Å². The summed E-state index contributed by atoms with van der Waals surface area (Å²) in [7, 11) is 0. The van der Waals surface area contributed by atoms with Crippen LogP contribution in [0.25, 0.3) is 5.69 Å². The zero-order valence-corrected chi connectivity index (χ0v) is 14.4. The minimum atomic E-state index is -0.382. The zero-order chi connectivity index (χ0) is 19.2. The molecule has 0 radical (unpaired) electrons. The summed E-state index contributed by atoms with van der Waals surface area (Å²) < 4.78 is 4.26. The van der Waals surface area contributed by atoms with Crippen molar-refractivity contribution in [1.82, 2.24) is 23.9 Å². The SMILES string of the molecule is N#Cc1nc2c(nc1C#N)[C@@H]1C[C@@H]3[C@H]2C1n1c(=O)n(-c2ccccc2)c(=O)n13. The van der Waals surface area contributed by atoms with Crippen LogP contribution in [0.5, 0.6) is 0 Å². The van der Waals surface area contributed by atoms with Crippen LogP contribution in [0.3, 0.4) is 0 Å². The van der Waals surface area contributed by atoms with Gasteiger partial charge >= 0.3 is 11.4 Å². The van der Waals surface area contributed by atoms with Crippen molar-refractivity contribution >= 4 is 0 Å². The second-order valence-electron chi connectivity index (χ2n) is 7.27. The average molecular weight is 369 g/mol. The lowest BCUT2D eigenvalue weighted by Gasteiger charge is -2.24. The number of benzene rings is 1. The number of rotatable bonds is 1. The number of hydrogen-bond acceptors (Lipinski definition) is 6. The fourth-order valence-electron chi connectivity index (χ4n) is 5.19. The first kappa shape index (κ1) is 15.1. The lowest BCUT2D eigenvalue weighted by atomic mass is 9.95. The summed E-state index contributed by atoms with van der Waals surface area (Å²) in [6.45, 7) is 0. The second kappa shape index (κ2) is 4.84. The first-order chi connectivity index (χ1) is 13.7. The van der Waals surface area contributed by atoms with Crippen molar-refractivity contribution in [2.75, 3.05) is 0 Å². The summed E-state index contributed by atoms with van der Waals surface area (Å²) in [4.78, 5) is 35.0. The van der Waals surface area contributed by atoms with Crippen molar-refractivity contribution in [1.29, 1.82) is 10.5 Å². The highest BCUT2D eigenvalue weighted by atomic mass is 16.2. The standard InChI is InChI=1S/C19H11N7O2/c20-7-11-12(8-21)23-16-14-13-6-10(15(16)22-11)17(14)26-19(28)24(18(27)25(13)26)9-4-2-1-3-5-9/h1-5,10,13-14,17H,6H2/t10-,13+,14+,17?/m0/s1. The third-order valence-corrected chi connectivity index (χ3v) is 6.14. The number of aromatic nitrogens is 5. The molecule has 9 nitrogen and oxygen atoms in total. The number of fused-ring (bicyclic) bond motifs is 4. The molecule has 134 valence electrons. The molecule has 28 heavy (non-hydrogen) atoms. The maximum atomic E-state index is 13.1. The van der Waals surface area contributed by atoms with E-state index in [1.54, 1.807) is 24.3 Å². The smallest absolute Gasteiger partial charge is 0.245 e. The minimum Gasteiger partial charge on any atom is -0.245 e. The van der Waals surface area contributed by atoms with Crippen LogP contribution < -0.4 is 11.4 Å². The van der Waals surface area contributed by atoms with Crippen molar-refractivity contribution in [2.24, 2.45) is 0 Å². The molecular weight excluding hydrogens is 358 g/mol. The van der Waals surface area contributed by atoms with Crippen molar-refractivity contribution in [3.8, 4) is 17.8 Å². The molecule has 3 heterocycles. The van der Waals surface area contributed by atoms with Crippen LogP contribution in [0.2, 0.25) is 0 Å². The van der Waals surface area contributed by atoms with Crippen LogP contribution in [0.15, 0.2) is 39.9 Å². The Labute approximate surface area is 157 Å². The van der Waals surface area contributed by atoms with Crippen LogP contribution in [0.1, 0.15) is 53.1 Å². The van der Waals surface area contributed by atoms with Crippen LogP contribution in [-0.2, 0) is 0 Å². The van der Waals surface area contributed by atoms with Gasteiger partial charge in [0.15, 0.2) is 11.4 Å². The van der Waals surface area contributed by atoms with E-state index in [9.17, 15) is 20.1 Å². The van der Waals surface area contributed by atoms with E-state index in [0.717, 1.165) is 0 Å². The van der Waals surface area contributed by atoms with Crippen molar-refractivity contribution in [3.63, 3.8) is 0 Å². The van der Waals surface area contributed by atoms with Gasteiger partial charge in [-0.3, -0.25) is 0 Å². The molecule has 1 aliphatic heterocycles. The first-order valence-corrected chi connectivity index (χ1v) is 8.89. The fraction of sp³-hybridized carbons (Fsp3) is 0.263. The number of hydrogen-bond donors (Lipinski definition) is 0. The summed E-state index contributed by atoms with van der Waals surface area (Å²) >= 11 is 0. The second-order valence-corrected chi connectivity index (χ2v) is 7.27. The molecule has 2 aliphatic carbocycles. The van der Waals surface area contributed by atoms with Gasteiger partial charge in [0.05, 0.1) is 29.2 Å². The molecule has 4 atom stereocenters. The van der Waals surface area contributed by atoms with Gasteiger partial charge < -0.3 is 0 Å². The van der Waals surface area contributed by atoms with Crippen molar-refractivity contribution in [3.05, 3.63) is 74.1 Å². The lowest BCUT2D eigenvalue weighted by molar-refractivity contribution is 0.333. The van der Waals surface area contributed by atoms with E-state index >= 15 is 0 Å². The molecule has 9 heteroatoms. The van der Waals surface area contributed by atoms with Gasteiger partial charge in [-0.1, -0.05) is 18.2 Å². The lowest BCUT2D eigenvalue weighted by Crippen LogP contribution is -2.31. The monoisotopic (exact) mass is 369 g/mol. The average Bonchev–Trinajstić information content (AvgIpc) is 3.42. The minimum absolute atomic E-state index is 0.00748. The van der Waals surface area contributed by atoms with E-state index in [1.165, 1.54) is 13.9 Å². The summed E-state index contributed by atoms with van der Waals surface area (Å²) in [6, 6.07) is 12.2. The molecule has 1 aromatic carbocycles. The molecule has 0 amide bonds. The van der Waals surface area contributed by atoms with Crippen LogP contribution in [0, 0.1) is 22.7 Å². The van der Waals surface area contributed by atoms with E-state index in [-0.39, 0.29) is 46.7 Å². The van der Waals surface area contributed by atoms with Gasteiger partial charge in [-0.2, -0.15) is 10.5 Å². The Morgan fingerprint density at radius 1 is 0.929 bits per heavy atom. The van der Waals surface area contributed by atoms with Gasteiger partial charge in [-0.05, 0) is 18.6 Å². The number of para-hydroxylation sites is 1. The highest BCUT2D eigenvalue weighted by Gasteiger charge is 2.62. The Morgan fingerprint density at radius 2 is 1.57 bits per heavy atom. The Kier molecular flexibility index (Phi) is 2.61. The van der Waals surface area contributed by atoms with Crippen molar-refractivity contribution in [2.45, 2.75) is 30.3 Å². The fourth-order valence-corrected chi connectivity index (χ4v) is 5.19. The van der Waals surface area contributed by atoms with E-state index in [2.05, 4.69) is 9.97 Å². The molecule has 3 aliphatic rings. The van der Waals surface area contributed by atoms with Crippen LogP contribution in [-0.4, -0.2) is 23.9 Å². The Hall–Kier alpha value is -3.98. The van der Waals surface area contributed by atoms with Gasteiger partial charge in [0.25, 0.3) is 0 Å². The van der Waals surface area contributed by atoms with Crippen LogP contribution in [0.4, 0.5) is 0 Å². The Balaban J connectivity index is 1.57. The molecule has 1 saturated carbocycles. The molecule has 0 spiro atoms.